The molecule has 0 amide bonds. The van der Waals surface area contributed by atoms with Crippen LogP contribution in [0.25, 0.3) is 0 Å². The quantitative estimate of drug-likeness (QED) is 0.0479. The molecule has 0 aliphatic carbocycles. The standard InChI is InChI=1S/C74H147NO24/c1-13-21-29-88-63(43-80-45-65(90-31-23-15-3)47-82-49-67(92-33-25-17-5)51-84-53-69(94-35-27-19-7)55-86-57-71-59-96-73(9,10)98-71)41-78-39-61(76)37-75-38-62(77)40-79-42-64(89-30-22-14-2)44-81-46-66(91-32-24-16-4)48-83-50-68(93-34-26-18-6)52-85-54-70(95-36-28-20-8)56-87-58-72-60-97-74(11,12)99-72/h61-72,75-77H,13-60H2,1-12H3. The highest BCUT2D eigenvalue weighted by atomic mass is 16.8. The number of hydrogen-bond donors (Lipinski definition) is 3. The Kier molecular flexibility index (Phi) is 61.0. The van der Waals surface area contributed by atoms with E-state index in [4.69, 9.17) is 104 Å². The van der Waals surface area contributed by atoms with Crippen molar-refractivity contribution >= 4 is 0 Å². The smallest absolute Gasteiger partial charge is 0.163 e. The molecule has 25 heteroatoms. The summed E-state index contributed by atoms with van der Waals surface area (Å²) in [7, 11) is 0. The van der Waals surface area contributed by atoms with Crippen LogP contribution in [0.1, 0.15) is 186 Å². The van der Waals surface area contributed by atoms with Crippen LogP contribution in [-0.4, -0.2) is 306 Å². The van der Waals surface area contributed by atoms with Gasteiger partial charge in [-0.05, 0) is 79.1 Å². The Morgan fingerprint density at radius 2 is 0.475 bits per heavy atom. The van der Waals surface area contributed by atoms with E-state index in [-0.39, 0.29) is 114 Å². The van der Waals surface area contributed by atoms with Crippen LogP contribution in [0, 0.1) is 0 Å². The third kappa shape index (κ3) is 54.3. The van der Waals surface area contributed by atoms with Gasteiger partial charge in [-0.1, -0.05) is 107 Å². The number of unbranched alkanes of at least 4 members (excludes halogenated alkanes) is 8. The SMILES string of the molecule is CCCCOC(COCC(O)CNCC(O)COCC(COCC(COCC(COCC(COCC1COC(C)(C)O1)OCCCC)OCCCC)OCCCC)OCCCC)COCC(COCC(COCC(COCC1COC(C)(C)O1)OCCCC)OCCCC)OCCCC. The first-order valence-corrected chi connectivity index (χ1v) is 38.5. The topological polar surface area (TPSA) is 256 Å². The molecule has 0 radical (unpaired) electrons. The summed E-state index contributed by atoms with van der Waals surface area (Å²) in [5.74, 6) is -1.20. The van der Waals surface area contributed by atoms with Crippen LogP contribution in [0.3, 0.4) is 0 Å². The Morgan fingerprint density at radius 3 is 0.646 bits per heavy atom. The minimum absolute atomic E-state index is 0.0658. The van der Waals surface area contributed by atoms with E-state index >= 15 is 0 Å². The molecule has 12 atom stereocenters. The van der Waals surface area contributed by atoms with Crippen LogP contribution in [0.5, 0.6) is 0 Å². The molecule has 0 spiro atoms. The predicted molar refractivity (Wildman–Crippen MR) is 380 cm³/mol. The van der Waals surface area contributed by atoms with E-state index < -0.39 is 23.8 Å². The molecule has 0 aromatic heterocycles. The summed E-state index contributed by atoms with van der Waals surface area (Å²) < 4.78 is 134. The van der Waals surface area contributed by atoms with Crippen LogP contribution >= 0.6 is 0 Å². The fraction of sp³-hybridized carbons (Fsp3) is 1.00. The van der Waals surface area contributed by atoms with Crippen LogP contribution in [0.2, 0.25) is 0 Å². The van der Waals surface area contributed by atoms with Gasteiger partial charge in [0.15, 0.2) is 11.6 Å². The van der Waals surface area contributed by atoms with Crippen molar-refractivity contribution in [1.82, 2.24) is 5.32 Å². The predicted octanol–water partition coefficient (Wildman–Crippen LogP) is 9.25. The average Bonchev–Trinajstić information content (AvgIpc) is 2.38. The van der Waals surface area contributed by atoms with Gasteiger partial charge >= 0.3 is 0 Å². The zero-order chi connectivity index (χ0) is 72.1. The molecule has 0 aromatic rings. The van der Waals surface area contributed by atoms with E-state index in [2.05, 4.69) is 60.7 Å². The molecule has 25 nitrogen and oxygen atoms in total. The Hall–Kier alpha value is -1.00. The van der Waals surface area contributed by atoms with Crippen molar-refractivity contribution in [1.29, 1.82) is 0 Å². The second-order valence-corrected chi connectivity index (χ2v) is 27.0. The summed E-state index contributed by atoms with van der Waals surface area (Å²) in [5, 5.41) is 24.9. The van der Waals surface area contributed by atoms with E-state index in [9.17, 15) is 10.2 Å². The number of ether oxygens (including phenoxy) is 22. The Morgan fingerprint density at radius 1 is 0.293 bits per heavy atom. The lowest BCUT2D eigenvalue weighted by atomic mass is 10.3. The Labute approximate surface area is 599 Å². The molecule has 0 aromatic carbocycles. The number of aliphatic hydroxyl groups is 2. The van der Waals surface area contributed by atoms with Crippen molar-refractivity contribution in [2.45, 2.75) is 271 Å². The fourth-order valence-corrected chi connectivity index (χ4v) is 9.85. The van der Waals surface area contributed by atoms with Gasteiger partial charge in [-0.2, -0.15) is 0 Å². The third-order valence-corrected chi connectivity index (χ3v) is 15.8. The molecule has 3 N–H and O–H groups in total. The summed E-state index contributed by atoms with van der Waals surface area (Å²) >= 11 is 0. The lowest BCUT2D eigenvalue weighted by molar-refractivity contribution is -0.149. The summed E-state index contributed by atoms with van der Waals surface area (Å²) in [6.45, 7) is 36.8. The van der Waals surface area contributed by atoms with E-state index in [1.165, 1.54) is 0 Å². The van der Waals surface area contributed by atoms with Gasteiger partial charge in [0, 0.05) is 65.9 Å². The van der Waals surface area contributed by atoms with Crippen molar-refractivity contribution in [2.24, 2.45) is 0 Å². The lowest BCUT2D eigenvalue weighted by Gasteiger charge is -2.24. The number of nitrogens with one attached hydrogen (secondary N) is 1. The minimum Gasteiger partial charge on any atom is -0.389 e. The molecule has 2 fully saturated rings. The molecule has 2 heterocycles. The van der Waals surface area contributed by atoms with Gasteiger partial charge in [0.2, 0.25) is 0 Å². The fourth-order valence-electron chi connectivity index (χ4n) is 9.85. The average molecular weight is 1430 g/mol. The maximum atomic E-state index is 10.9. The normalized spacial score (nSPS) is 19.3. The number of rotatable bonds is 76. The number of aliphatic hydroxyl groups excluding tert-OH is 2. The first-order chi connectivity index (χ1) is 48.1. The molecule has 2 rings (SSSR count). The second kappa shape index (κ2) is 64.2. The molecule has 2 aliphatic heterocycles. The van der Waals surface area contributed by atoms with Gasteiger partial charge in [-0.15, -0.1) is 0 Å². The maximum Gasteiger partial charge on any atom is 0.163 e. The summed E-state index contributed by atoms with van der Waals surface area (Å²) in [6.07, 6.45) is 11.1. The molecule has 2 aliphatic rings. The van der Waals surface area contributed by atoms with Crippen molar-refractivity contribution in [3.63, 3.8) is 0 Å². The van der Waals surface area contributed by atoms with E-state index in [1.54, 1.807) is 0 Å². The Bertz CT molecular complexity index is 1600. The largest absolute Gasteiger partial charge is 0.389 e. The molecule has 592 valence electrons. The van der Waals surface area contributed by atoms with Crippen molar-refractivity contribution in [3.05, 3.63) is 0 Å². The Balaban J connectivity index is 1.83. The maximum absolute atomic E-state index is 10.9. The highest BCUT2D eigenvalue weighted by Gasteiger charge is 2.34. The van der Waals surface area contributed by atoms with Gasteiger partial charge in [-0.3, -0.25) is 0 Å². The molecule has 2 saturated heterocycles. The molecule has 0 bridgehead atoms. The monoisotopic (exact) mass is 1430 g/mol. The van der Waals surface area contributed by atoms with Crippen LogP contribution in [0.15, 0.2) is 0 Å². The lowest BCUT2D eigenvalue weighted by Crippen LogP contribution is -2.38. The first-order valence-electron chi connectivity index (χ1n) is 38.5. The van der Waals surface area contributed by atoms with Crippen molar-refractivity contribution in [2.75, 3.05) is 211 Å². The van der Waals surface area contributed by atoms with Gasteiger partial charge in [0.25, 0.3) is 0 Å². The van der Waals surface area contributed by atoms with Gasteiger partial charge in [0.05, 0.1) is 158 Å². The zero-order valence-corrected chi connectivity index (χ0v) is 64.2. The van der Waals surface area contributed by atoms with Crippen LogP contribution in [-0.2, 0) is 104 Å². The van der Waals surface area contributed by atoms with Crippen molar-refractivity contribution < 1.29 is 114 Å². The van der Waals surface area contributed by atoms with Gasteiger partial charge < -0.3 is 120 Å². The molecular weight excluding hydrogens is 1290 g/mol. The number of hydrogen-bond acceptors (Lipinski definition) is 25. The summed E-state index contributed by atoms with van der Waals surface area (Å²) in [6, 6.07) is 0. The summed E-state index contributed by atoms with van der Waals surface area (Å²) in [4.78, 5) is 0. The van der Waals surface area contributed by atoms with Gasteiger partial charge in [-0.25, -0.2) is 0 Å². The summed E-state index contributed by atoms with van der Waals surface area (Å²) in [5.41, 5.74) is 0. The highest BCUT2D eigenvalue weighted by Crippen LogP contribution is 2.24. The van der Waals surface area contributed by atoms with Crippen molar-refractivity contribution in [3.8, 4) is 0 Å². The highest BCUT2D eigenvalue weighted by molar-refractivity contribution is 4.74. The van der Waals surface area contributed by atoms with E-state index in [1.807, 2.05) is 27.7 Å². The molecule has 99 heavy (non-hydrogen) atoms. The third-order valence-electron chi connectivity index (χ3n) is 15.8. The molecule has 12 unspecified atom stereocenters. The van der Waals surface area contributed by atoms with E-state index in [0.29, 0.717) is 159 Å². The van der Waals surface area contributed by atoms with Gasteiger partial charge in [0.1, 0.15) is 61.0 Å². The van der Waals surface area contributed by atoms with E-state index in [0.717, 1.165) is 103 Å². The molecular formula is C74H147NO24. The molecule has 0 saturated carbocycles. The van der Waals surface area contributed by atoms with Crippen LogP contribution < -0.4 is 5.32 Å². The second-order valence-electron chi connectivity index (χ2n) is 27.0. The van der Waals surface area contributed by atoms with Crippen LogP contribution in [0.4, 0.5) is 0 Å². The minimum atomic E-state index is -0.829. The zero-order valence-electron chi connectivity index (χ0n) is 64.2. The first kappa shape index (κ1) is 94.1.